The normalized spacial score (nSPS) is 11.5. The summed E-state index contributed by atoms with van der Waals surface area (Å²) in [6.45, 7) is 4.92. The van der Waals surface area contributed by atoms with E-state index in [0.29, 0.717) is 6.61 Å². The van der Waals surface area contributed by atoms with Gasteiger partial charge in [-0.2, -0.15) is 0 Å². The Morgan fingerprint density at radius 3 is 2.81 bits per heavy atom. The largest absolute Gasteiger partial charge is 0.497 e. The number of hydrogen-bond acceptors (Lipinski definition) is 6. The van der Waals surface area contributed by atoms with E-state index in [-0.39, 0.29) is 12.3 Å². The molecular formula is C18H25N3O4S. The van der Waals surface area contributed by atoms with E-state index in [0.717, 1.165) is 23.5 Å². The Bertz CT molecular complexity index is 816. The number of aromatic nitrogens is 2. The molecule has 0 aliphatic rings. The first-order valence-corrected chi connectivity index (χ1v) is 9.17. The standard InChI is InChI=1S/C18H25N3O4S/c1-18(2,20-26-15-7-4-6-14(12-15)24-3)9-5-11-25-13-21-10-8-16(22)19-17(21)23/h4,6-8,10,12,20H,5,9,11,13H2,1-3H3,(H,19,22,23). The smallest absolute Gasteiger partial charge is 0.330 e. The molecule has 0 bridgehead atoms. The zero-order valence-electron chi connectivity index (χ0n) is 15.3. The van der Waals surface area contributed by atoms with Crippen molar-refractivity contribution in [1.82, 2.24) is 14.3 Å². The van der Waals surface area contributed by atoms with Crippen molar-refractivity contribution >= 4 is 11.9 Å². The summed E-state index contributed by atoms with van der Waals surface area (Å²) in [5.74, 6) is 0.834. The second-order valence-corrected chi connectivity index (χ2v) is 7.37. The molecule has 0 aliphatic heterocycles. The van der Waals surface area contributed by atoms with Gasteiger partial charge in [0.15, 0.2) is 0 Å². The molecule has 0 radical (unpaired) electrons. The molecule has 0 atom stereocenters. The molecule has 0 saturated heterocycles. The average Bonchev–Trinajstić information content (AvgIpc) is 2.61. The quantitative estimate of drug-likeness (QED) is 0.487. The van der Waals surface area contributed by atoms with Crippen molar-refractivity contribution in [2.24, 2.45) is 0 Å². The summed E-state index contributed by atoms with van der Waals surface area (Å²) < 4.78 is 15.5. The third-order valence-corrected chi connectivity index (χ3v) is 4.85. The third kappa shape index (κ3) is 6.70. The van der Waals surface area contributed by atoms with E-state index in [1.165, 1.54) is 16.8 Å². The molecule has 0 amide bonds. The van der Waals surface area contributed by atoms with Gasteiger partial charge in [0.1, 0.15) is 12.5 Å². The highest BCUT2D eigenvalue weighted by molar-refractivity contribution is 7.97. The van der Waals surface area contributed by atoms with Gasteiger partial charge in [-0.25, -0.2) is 4.79 Å². The molecule has 142 valence electrons. The highest BCUT2D eigenvalue weighted by Crippen LogP contribution is 2.24. The van der Waals surface area contributed by atoms with Crippen LogP contribution in [0.4, 0.5) is 0 Å². The number of methoxy groups -OCH3 is 1. The first-order chi connectivity index (χ1) is 12.4. The molecule has 2 aromatic rings. The highest BCUT2D eigenvalue weighted by Gasteiger charge is 2.17. The van der Waals surface area contributed by atoms with Crippen LogP contribution < -0.4 is 20.7 Å². The number of nitrogens with one attached hydrogen (secondary N) is 2. The maximum atomic E-state index is 11.5. The predicted octanol–water partition coefficient (Wildman–Crippen LogP) is 2.38. The number of benzene rings is 1. The Hall–Kier alpha value is -2.03. The van der Waals surface area contributed by atoms with E-state index in [2.05, 4.69) is 23.6 Å². The summed E-state index contributed by atoms with van der Waals surface area (Å²) in [4.78, 5) is 25.8. The van der Waals surface area contributed by atoms with Crippen LogP contribution in [0.2, 0.25) is 0 Å². The Morgan fingerprint density at radius 1 is 1.27 bits per heavy atom. The monoisotopic (exact) mass is 379 g/mol. The summed E-state index contributed by atoms with van der Waals surface area (Å²) in [5.41, 5.74) is -0.951. The van der Waals surface area contributed by atoms with Crippen LogP contribution >= 0.6 is 11.9 Å². The third-order valence-electron chi connectivity index (χ3n) is 3.70. The van der Waals surface area contributed by atoms with Gasteiger partial charge in [-0.15, -0.1) is 0 Å². The fourth-order valence-electron chi connectivity index (χ4n) is 2.24. The van der Waals surface area contributed by atoms with Crippen molar-refractivity contribution in [3.63, 3.8) is 0 Å². The summed E-state index contributed by atoms with van der Waals surface area (Å²) >= 11 is 1.57. The molecule has 7 nitrogen and oxygen atoms in total. The first kappa shape index (κ1) is 20.3. The van der Waals surface area contributed by atoms with Crippen LogP contribution in [0.3, 0.4) is 0 Å². The second-order valence-electron chi connectivity index (χ2n) is 6.49. The first-order valence-electron chi connectivity index (χ1n) is 8.35. The SMILES string of the molecule is COc1cccc(SNC(C)(C)CCCOCn2ccc(=O)[nH]c2=O)c1. The zero-order valence-corrected chi connectivity index (χ0v) is 16.1. The number of nitrogens with zero attached hydrogens (tertiary/aromatic N) is 1. The molecular weight excluding hydrogens is 354 g/mol. The predicted molar refractivity (Wildman–Crippen MR) is 103 cm³/mol. The van der Waals surface area contributed by atoms with Gasteiger partial charge in [0.2, 0.25) is 0 Å². The van der Waals surface area contributed by atoms with Gasteiger partial charge < -0.3 is 9.47 Å². The summed E-state index contributed by atoms with van der Waals surface area (Å²) in [6.07, 6.45) is 3.18. The average molecular weight is 379 g/mol. The van der Waals surface area contributed by atoms with Gasteiger partial charge in [0.05, 0.1) is 7.11 Å². The number of H-pyrrole nitrogens is 1. The molecule has 1 aromatic carbocycles. The van der Waals surface area contributed by atoms with Crippen molar-refractivity contribution in [2.75, 3.05) is 13.7 Å². The van der Waals surface area contributed by atoms with E-state index in [1.807, 2.05) is 24.3 Å². The summed E-state index contributed by atoms with van der Waals surface area (Å²) in [7, 11) is 1.66. The van der Waals surface area contributed by atoms with Crippen LogP contribution in [-0.2, 0) is 11.5 Å². The lowest BCUT2D eigenvalue weighted by Crippen LogP contribution is -2.34. The molecule has 0 aliphatic carbocycles. The van der Waals surface area contributed by atoms with Crippen LogP contribution in [0.25, 0.3) is 0 Å². The molecule has 2 N–H and O–H groups in total. The van der Waals surface area contributed by atoms with E-state index >= 15 is 0 Å². The minimum Gasteiger partial charge on any atom is -0.497 e. The van der Waals surface area contributed by atoms with Crippen LogP contribution in [0.15, 0.2) is 51.0 Å². The Labute approximate surface area is 156 Å². The molecule has 0 saturated carbocycles. The van der Waals surface area contributed by atoms with E-state index in [4.69, 9.17) is 9.47 Å². The van der Waals surface area contributed by atoms with Crippen LogP contribution in [0.1, 0.15) is 26.7 Å². The Morgan fingerprint density at radius 2 is 2.08 bits per heavy atom. The maximum absolute atomic E-state index is 11.5. The Balaban J connectivity index is 1.70. The van der Waals surface area contributed by atoms with Gasteiger partial charge >= 0.3 is 5.69 Å². The molecule has 1 heterocycles. The van der Waals surface area contributed by atoms with Gasteiger partial charge in [-0.05, 0) is 56.8 Å². The lowest BCUT2D eigenvalue weighted by atomic mass is 10.0. The van der Waals surface area contributed by atoms with E-state index in [1.54, 1.807) is 19.1 Å². The van der Waals surface area contributed by atoms with Crippen LogP contribution in [0, 0.1) is 0 Å². The second kappa shape index (κ2) is 9.61. The van der Waals surface area contributed by atoms with Crippen molar-refractivity contribution in [1.29, 1.82) is 0 Å². The molecule has 2 rings (SSSR count). The van der Waals surface area contributed by atoms with Crippen LogP contribution in [0.5, 0.6) is 5.75 Å². The molecule has 8 heteroatoms. The highest BCUT2D eigenvalue weighted by atomic mass is 32.2. The number of hydrogen-bond donors (Lipinski definition) is 2. The number of rotatable bonds is 10. The zero-order chi connectivity index (χ0) is 19.0. The van der Waals surface area contributed by atoms with E-state index < -0.39 is 11.2 Å². The van der Waals surface area contributed by atoms with Crippen molar-refractivity contribution in [3.05, 3.63) is 57.4 Å². The fraction of sp³-hybridized carbons (Fsp3) is 0.444. The van der Waals surface area contributed by atoms with Gasteiger partial charge in [0, 0.05) is 29.3 Å². The van der Waals surface area contributed by atoms with Crippen molar-refractivity contribution in [2.45, 2.75) is 43.9 Å². The minimum absolute atomic E-state index is 0.0775. The molecule has 26 heavy (non-hydrogen) atoms. The molecule has 0 unspecified atom stereocenters. The van der Waals surface area contributed by atoms with Gasteiger partial charge in [-0.1, -0.05) is 6.07 Å². The number of ether oxygens (including phenoxy) is 2. The topological polar surface area (TPSA) is 85.3 Å². The lowest BCUT2D eigenvalue weighted by molar-refractivity contribution is 0.0681. The summed E-state index contributed by atoms with van der Waals surface area (Å²) in [5, 5.41) is 0. The molecule has 0 fully saturated rings. The fourth-order valence-corrected chi connectivity index (χ4v) is 3.06. The van der Waals surface area contributed by atoms with Gasteiger partial charge in [0.25, 0.3) is 5.56 Å². The minimum atomic E-state index is -0.464. The molecule has 1 aromatic heterocycles. The van der Waals surface area contributed by atoms with Crippen LogP contribution in [-0.4, -0.2) is 28.8 Å². The lowest BCUT2D eigenvalue weighted by Gasteiger charge is -2.25. The van der Waals surface area contributed by atoms with Gasteiger partial charge in [-0.3, -0.25) is 19.1 Å². The summed E-state index contributed by atoms with van der Waals surface area (Å²) in [6, 6.07) is 9.19. The van der Waals surface area contributed by atoms with E-state index in [9.17, 15) is 9.59 Å². The number of aromatic amines is 1. The van der Waals surface area contributed by atoms with Crippen molar-refractivity contribution in [3.8, 4) is 5.75 Å². The molecule has 0 spiro atoms. The maximum Gasteiger partial charge on any atom is 0.330 e. The Kier molecular flexibility index (Phi) is 7.50. The van der Waals surface area contributed by atoms with Crippen molar-refractivity contribution < 1.29 is 9.47 Å².